The molecule has 2 N–H and O–H groups in total. The van der Waals surface area contributed by atoms with E-state index in [4.69, 9.17) is 9.84 Å². The number of carboxylic acids is 1. The molecule has 23 heavy (non-hydrogen) atoms. The van der Waals surface area contributed by atoms with Crippen LogP contribution in [-0.4, -0.2) is 22.7 Å². The number of rotatable bonds is 7. The molecule has 4 heteroatoms. The maximum atomic E-state index is 10.9. The van der Waals surface area contributed by atoms with Crippen molar-refractivity contribution in [2.45, 2.75) is 70.9 Å². The first kappa shape index (κ1) is 17.6. The SMILES string of the molecule is C[C@H](Nc1ccc(OC(C)(C)CC2CCCCC2)cc1)C(=O)O. The molecule has 0 heterocycles. The average molecular weight is 319 g/mol. The minimum absolute atomic E-state index is 0.175. The first-order chi connectivity index (χ1) is 10.9. The number of ether oxygens (including phenoxy) is 1. The fraction of sp³-hybridized carbons (Fsp3) is 0.632. The van der Waals surface area contributed by atoms with Crippen LogP contribution in [0.15, 0.2) is 24.3 Å². The molecule has 2 rings (SSSR count). The predicted octanol–water partition coefficient (Wildman–Crippen LogP) is 4.70. The summed E-state index contributed by atoms with van der Waals surface area (Å²) < 4.78 is 6.17. The molecule has 1 aromatic carbocycles. The highest BCUT2D eigenvalue weighted by Crippen LogP contribution is 2.33. The third-order valence-corrected chi connectivity index (χ3v) is 4.51. The van der Waals surface area contributed by atoms with Gasteiger partial charge in [-0.05, 0) is 57.4 Å². The van der Waals surface area contributed by atoms with Crippen molar-refractivity contribution in [2.75, 3.05) is 5.32 Å². The maximum absolute atomic E-state index is 10.9. The number of hydrogen-bond acceptors (Lipinski definition) is 3. The minimum Gasteiger partial charge on any atom is -0.488 e. The van der Waals surface area contributed by atoms with Crippen LogP contribution in [0.3, 0.4) is 0 Å². The summed E-state index contributed by atoms with van der Waals surface area (Å²) in [5.74, 6) is 0.745. The summed E-state index contributed by atoms with van der Waals surface area (Å²) >= 11 is 0. The lowest BCUT2D eigenvalue weighted by Gasteiger charge is -2.32. The van der Waals surface area contributed by atoms with Crippen LogP contribution in [0.1, 0.15) is 59.3 Å². The molecule has 0 spiro atoms. The normalized spacial score (nSPS) is 17.5. The quantitative estimate of drug-likeness (QED) is 0.765. The minimum atomic E-state index is -0.862. The number of nitrogens with one attached hydrogen (secondary N) is 1. The van der Waals surface area contributed by atoms with Gasteiger partial charge in [0.1, 0.15) is 17.4 Å². The lowest BCUT2D eigenvalue weighted by atomic mass is 9.82. The van der Waals surface area contributed by atoms with Crippen molar-refractivity contribution in [3.05, 3.63) is 24.3 Å². The van der Waals surface area contributed by atoms with Gasteiger partial charge in [-0.25, -0.2) is 0 Å². The molecule has 1 saturated carbocycles. The molecule has 1 aliphatic carbocycles. The van der Waals surface area contributed by atoms with Gasteiger partial charge in [-0.1, -0.05) is 32.1 Å². The van der Waals surface area contributed by atoms with E-state index in [9.17, 15) is 4.79 Å². The van der Waals surface area contributed by atoms with Gasteiger partial charge in [0.2, 0.25) is 0 Å². The second-order valence-electron chi connectivity index (χ2n) is 7.30. The van der Waals surface area contributed by atoms with Gasteiger partial charge in [0.05, 0.1) is 0 Å². The number of benzene rings is 1. The topological polar surface area (TPSA) is 58.6 Å². The van der Waals surface area contributed by atoms with Crippen molar-refractivity contribution < 1.29 is 14.6 Å². The number of aliphatic carboxylic acids is 1. The highest BCUT2D eigenvalue weighted by Gasteiger charge is 2.26. The van der Waals surface area contributed by atoms with E-state index >= 15 is 0 Å². The number of hydrogen-bond donors (Lipinski definition) is 2. The molecule has 1 aliphatic rings. The van der Waals surface area contributed by atoms with E-state index in [-0.39, 0.29) is 5.60 Å². The van der Waals surface area contributed by atoms with Crippen molar-refractivity contribution >= 4 is 11.7 Å². The van der Waals surface area contributed by atoms with Gasteiger partial charge >= 0.3 is 5.97 Å². The van der Waals surface area contributed by atoms with E-state index in [0.29, 0.717) is 0 Å². The molecular formula is C19H29NO3. The van der Waals surface area contributed by atoms with Crippen molar-refractivity contribution in [1.82, 2.24) is 0 Å². The monoisotopic (exact) mass is 319 g/mol. The number of anilines is 1. The summed E-state index contributed by atoms with van der Waals surface area (Å²) in [6, 6.07) is 6.93. The fourth-order valence-corrected chi connectivity index (χ4v) is 3.38. The van der Waals surface area contributed by atoms with Crippen LogP contribution in [-0.2, 0) is 4.79 Å². The summed E-state index contributed by atoms with van der Waals surface area (Å²) in [5, 5.41) is 11.9. The summed E-state index contributed by atoms with van der Waals surface area (Å²) in [7, 11) is 0. The van der Waals surface area contributed by atoms with Gasteiger partial charge in [-0.3, -0.25) is 4.79 Å². The van der Waals surface area contributed by atoms with Crippen LogP contribution >= 0.6 is 0 Å². The van der Waals surface area contributed by atoms with E-state index in [0.717, 1.165) is 23.8 Å². The molecule has 1 atom stereocenters. The van der Waals surface area contributed by atoms with E-state index in [1.165, 1.54) is 32.1 Å². The smallest absolute Gasteiger partial charge is 0.325 e. The standard InChI is InChI=1S/C19H29NO3/c1-14(18(21)22)20-16-9-11-17(12-10-16)23-19(2,3)13-15-7-5-4-6-8-15/h9-12,14-15,20H,4-8,13H2,1-3H3,(H,21,22)/t14-/m0/s1. The lowest BCUT2D eigenvalue weighted by molar-refractivity contribution is -0.137. The second-order valence-corrected chi connectivity index (χ2v) is 7.30. The van der Waals surface area contributed by atoms with E-state index in [1.807, 2.05) is 24.3 Å². The van der Waals surface area contributed by atoms with Gasteiger partial charge in [0.15, 0.2) is 0 Å². The average Bonchev–Trinajstić information content (AvgIpc) is 2.49. The van der Waals surface area contributed by atoms with Crippen molar-refractivity contribution in [3.63, 3.8) is 0 Å². The molecule has 1 fully saturated rings. The molecule has 0 aromatic heterocycles. The van der Waals surface area contributed by atoms with Gasteiger partial charge in [-0.15, -0.1) is 0 Å². The van der Waals surface area contributed by atoms with Crippen LogP contribution in [0.2, 0.25) is 0 Å². The van der Waals surface area contributed by atoms with Crippen molar-refractivity contribution in [1.29, 1.82) is 0 Å². The molecule has 0 saturated heterocycles. The van der Waals surface area contributed by atoms with Gasteiger partial charge < -0.3 is 15.2 Å². The Morgan fingerprint density at radius 3 is 2.43 bits per heavy atom. The lowest BCUT2D eigenvalue weighted by Crippen LogP contribution is -2.31. The Labute approximate surface area is 139 Å². The molecule has 128 valence electrons. The molecule has 0 aliphatic heterocycles. The predicted molar refractivity (Wildman–Crippen MR) is 93.1 cm³/mol. The Kier molecular flexibility index (Phi) is 5.91. The van der Waals surface area contributed by atoms with Gasteiger partial charge in [0.25, 0.3) is 0 Å². The zero-order valence-electron chi connectivity index (χ0n) is 14.5. The molecule has 1 aromatic rings. The number of carboxylic acid groups (broad SMARTS) is 1. The van der Waals surface area contributed by atoms with E-state index < -0.39 is 12.0 Å². The van der Waals surface area contributed by atoms with Crippen LogP contribution < -0.4 is 10.1 Å². The van der Waals surface area contributed by atoms with Gasteiger partial charge in [-0.2, -0.15) is 0 Å². The maximum Gasteiger partial charge on any atom is 0.325 e. The van der Waals surface area contributed by atoms with Crippen molar-refractivity contribution in [2.24, 2.45) is 5.92 Å². The molecule has 4 nitrogen and oxygen atoms in total. The second kappa shape index (κ2) is 7.71. The zero-order valence-corrected chi connectivity index (χ0v) is 14.5. The van der Waals surface area contributed by atoms with Crippen LogP contribution in [0, 0.1) is 5.92 Å². The molecule has 0 bridgehead atoms. The summed E-state index contributed by atoms with van der Waals surface area (Å²) in [5.41, 5.74) is 0.614. The van der Waals surface area contributed by atoms with Crippen molar-refractivity contribution in [3.8, 4) is 5.75 Å². The summed E-state index contributed by atoms with van der Waals surface area (Å²) in [6.45, 7) is 5.93. The fourth-order valence-electron chi connectivity index (χ4n) is 3.38. The Balaban J connectivity index is 1.89. The highest BCUT2D eigenvalue weighted by atomic mass is 16.5. The third kappa shape index (κ3) is 5.77. The zero-order chi connectivity index (χ0) is 16.9. The van der Waals surface area contributed by atoms with E-state index in [2.05, 4.69) is 19.2 Å². The Morgan fingerprint density at radius 1 is 1.26 bits per heavy atom. The number of carbonyl (C=O) groups is 1. The molecule has 0 radical (unpaired) electrons. The highest BCUT2D eigenvalue weighted by molar-refractivity contribution is 5.76. The van der Waals surface area contributed by atoms with Crippen LogP contribution in [0.4, 0.5) is 5.69 Å². The Hall–Kier alpha value is -1.71. The van der Waals surface area contributed by atoms with Crippen LogP contribution in [0.5, 0.6) is 5.75 Å². The summed E-state index contributed by atoms with van der Waals surface area (Å²) in [4.78, 5) is 10.9. The molecule has 0 unspecified atom stereocenters. The summed E-state index contributed by atoms with van der Waals surface area (Å²) in [6.07, 6.45) is 7.81. The Morgan fingerprint density at radius 2 is 1.87 bits per heavy atom. The van der Waals surface area contributed by atoms with Gasteiger partial charge in [0, 0.05) is 5.69 Å². The first-order valence-corrected chi connectivity index (χ1v) is 8.64. The van der Waals surface area contributed by atoms with Crippen LogP contribution in [0.25, 0.3) is 0 Å². The van der Waals surface area contributed by atoms with E-state index in [1.54, 1.807) is 6.92 Å². The Bertz CT molecular complexity index is 504. The molecule has 0 amide bonds. The largest absolute Gasteiger partial charge is 0.488 e. The first-order valence-electron chi connectivity index (χ1n) is 8.64. The molecular weight excluding hydrogens is 290 g/mol. The third-order valence-electron chi connectivity index (χ3n) is 4.51.